The Morgan fingerprint density at radius 1 is 0.938 bits per heavy atom. The van der Waals surface area contributed by atoms with Gasteiger partial charge in [-0.2, -0.15) is 0 Å². The van der Waals surface area contributed by atoms with Gasteiger partial charge in [-0.25, -0.2) is 0 Å². The SMILES string of the molecule is COc1cc(NC(=O)C2CCCCC2C(=O)N2CCc3ccccc32)cc(OC)c1OC. The fourth-order valence-electron chi connectivity index (χ4n) is 4.90. The molecule has 7 nitrogen and oxygen atoms in total. The van der Waals surface area contributed by atoms with Crippen molar-refractivity contribution < 1.29 is 23.8 Å². The Bertz CT molecular complexity index is 981. The minimum absolute atomic E-state index is 0.0553. The molecule has 2 aliphatic rings. The van der Waals surface area contributed by atoms with Crippen molar-refractivity contribution in [2.45, 2.75) is 32.1 Å². The van der Waals surface area contributed by atoms with Crippen molar-refractivity contribution in [3.63, 3.8) is 0 Å². The maximum Gasteiger partial charge on any atom is 0.230 e. The van der Waals surface area contributed by atoms with Gasteiger partial charge < -0.3 is 24.4 Å². The molecule has 1 aliphatic heterocycles. The number of carbonyl (C=O) groups is 2. The first kappa shape index (κ1) is 22.0. The third-order valence-electron chi connectivity index (χ3n) is 6.51. The molecule has 0 spiro atoms. The van der Waals surface area contributed by atoms with E-state index in [2.05, 4.69) is 11.4 Å². The Balaban J connectivity index is 1.54. The summed E-state index contributed by atoms with van der Waals surface area (Å²) >= 11 is 0. The lowest BCUT2D eigenvalue weighted by Gasteiger charge is -2.32. The normalized spacial score (nSPS) is 19.8. The summed E-state index contributed by atoms with van der Waals surface area (Å²) < 4.78 is 16.1. The number of ether oxygens (including phenoxy) is 3. The van der Waals surface area contributed by atoms with Crippen molar-refractivity contribution in [3.8, 4) is 17.2 Å². The summed E-state index contributed by atoms with van der Waals surface area (Å²) in [5.74, 6) is 0.607. The highest BCUT2D eigenvalue weighted by Crippen LogP contribution is 2.41. The monoisotopic (exact) mass is 438 g/mol. The summed E-state index contributed by atoms with van der Waals surface area (Å²) in [6.45, 7) is 0.676. The van der Waals surface area contributed by atoms with Crippen LogP contribution in [-0.2, 0) is 16.0 Å². The van der Waals surface area contributed by atoms with Crippen LogP contribution in [0.5, 0.6) is 17.2 Å². The van der Waals surface area contributed by atoms with Gasteiger partial charge in [-0.15, -0.1) is 0 Å². The molecule has 0 saturated heterocycles. The van der Waals surface area contributed by atoms with Gasteiger partial charge in [0.1, 0.15) is 0 Å². The Hall–Kier alpha value is -3.22. The van der Waals surface area contributed by atoms with Crippen LogP contribution >= 0.6 is 0 Å². The second kappa shape index (κ2) is 9.51. The molecular weight excluding hydrogens is 408 g/mol. The third kappa shape index (κ3) is 4.11. The highest BCUT2D eigenvalue weighted by molar-refractivity contribution is 6.02. The predicted octanol–water partition coefficient (Wildman–Crippen LogP) is 4.05. The topological polar surface area (TPSA) is 77.1 Å². The zero-order valence-electron chi connectivity index (χ0n) is 18.8. The highest BCUT2D eigenvalue weighted by atomic mass is 16.5. The molecule has 1 saturated carbocycles. The van der Waals surface area contributed by atoms with Gasteiger partial charge in [-0.05, 0) is 30.9 Å². The Morgan fingerprint density at radius 2 is 1.59 bits per heavy atom. The van der Waals surface area contributed by atoms with Crippen LogP contribution in [0, 0.1) is 11.8 Å². The van der Waals surface area contributed by atoms with Crippen LogP contribution in [0.25, 0.3) is 0 Å². The lowest BCUT2D eigenvalue weighted by Crippen LogP contribution is -2.43. The van der Waals surface area contributed by atoms with Gasteiger partial charge in [0, 0.05) is 36.0 Å². The minimum atomic E-state index is -0.372. The number of hydrogen-bond donors (Lipinski definition) is 1. The number of fused-ring (bicyclic) bond motifs is 1. The van der Waals surface area contributed by atoms with Gasteiger partial charge in [0.25, 0.3) is 0 Å². The van der Waals surface area contributed by atoms with Crippen LogP contribution in [0.1, 0.15) is 31.2 Å². The van der Waals surface area contributed by atoms with Crippen molar-refractivity contribution in [1.29, 1.82) is 0 Å². The van der Waals surface area contributed by atoms with Crippen molar-refractivity contribution >= 4 is 23.2 Å². The van der Waals surface area contributed by atoms with Crippen LogP contribution < -0.4 is 24.4 Å². The Kier molecular flexibility index (Phi) is 6.53. The van der Waals surface area contributed by atoms with E-state index >= 15 is 0 Å². The summed E-state index contributed by atoms with van der Waals surface area (Å²) in [4.78, 5) is 28.7. The lowest BCUT2D eigenvalue weighted by atomic mass is 9.77. The Morgan fingerprint density at radius 3 is 2.25 bits per heavy atom. The molecule has 7 heteroatoms. The first-order valence-electron chi connectivity index (χ1n) is 11.1. The van der Waals surface area contributed by atoms with Crippen molar-refractivity contribution in [1.82, 2.24) is 0 Å². The minimum Gasteiger partial charge on any atom is -0.493 e. The van der Waals surface area contributed by atoms with Crippen LogP contribution in [0.15, 0.2) is 36.4 Å². The van der Waals surface area contributed by atoms with Crippen LogP contribution in [0.2, 0.25) is 0 Å². The van der Waals surface area contributed by atoms with E-state index in [1.165, 1.54) is 26.9 Å². The molecule has 0 aromatic heterocycles. The molecule has 170 valence electrons. The number of methoxy groups -OCH3 is 3. The molecule has 1 aliphatic carbocycles. The quantitative estimate of drug-likeness (QED) is 0.736. The first-order valence-corrected chi connectivity index (χ1v) is 11.1. The number of carbonyl (C=O) groups excluding carboxylic acids is 2. The van der Waals surface area contributed by atoms with Crippen molar-refractivity contribution in [2.24, 2.45) is 11.8 Å². The lowest BCUT2D eigenvalue weighted by molar-refractivity contribution is -0.132. The van der Waals surface area contributed by atoms with Gasteiger partial charge in [-0.3, -0.25) is 9.59 Å². The number of amides is 2. The molecule has 2 atom stereocenters. The molecule has 4 rings (SSSR count). The fraction of sp³-hybridized carbons (Fsp3) is 0.440. The number of rotatable bonds is 6. The molecule has 2 aromatic rings. The summed E-state index contributed by atoms with van der Waals surface area (Å²) in [5.41, 5.74) is 2.72. The van der Waals surface area contributed by atoms with E-state index in [-0.39, 0.29) is 23.7 Å². The second-order valence-electron chi connectivity index (χ2n) is 8.27. The molecule has 2 unspecified atom stereocenters. The number of para-hydroxylation sites is 1. The standard InChI is InChI=1S/C25H30N2O5/c1-30-21-14-17(15-22(31-2)23(21)32-3)26-24(28)18-9-5-6-10-19(18)25(29)27-13-12-16-8-4-7-11-20(16)27/h4,7-8,11,14-15,18-19H,5-6,9-10,12-13H2,1-3H3,(H,26,28). The molecule has 32 heavy (non-hydrogen) atoms. The number of benzene rings is 2. The summed E-state index contributed by atoms with van der Waals surface area (Å²) in [5, 5.41) is 2.98. The molecular formula is C25H30N2O5. The molecule has 0 radical (unpaired) electrons. The largest absolute Gasteiger partial charge is 0.493 e. The van der Waals surface area contributed by atoms with Gasteiger partial charge in [0.2, 0.25) is 17.6 Å². The smallest absolute Gasteiger partial charge is 0.230 e. The van der Waals surface area contributed by atoms with Crippen molar-refractivity contribution in [2.75, 3.05) is 38.1 Å². The van der Waals surface area contributed by atoms with E-state index in [0.29, 0.717) is 35.9 Å². The van der Waals surface area contributed by atoms with Crippen LogP contribution in [-0.4, -0.2) is 39.7 Å². The Labute approximate surface area is 188 Å². The number of hydrogen-bond acceptors (Lipinski definition) is 5. The van der Waals surface area contributed by atoms with Gasteiger partial charge in [-0.1, -0.05) is 31.0 Å². The van der Waals surface area contributed by atoms with Gasteiger partial charge in [0.05, 0.1) is 27.2 Å². The van der Waals surface area contributed by atoms with E-state index in [1.807, 2.05) is 23.1 Å². The number of anilines is 2. The maximum absolute atomic E-state index is 13.5. The molecule has 1 fully saturated rings. The van der Waals surface area contributed by atoms with E-state index in [1.54, 1.807) is 12.1 Å². The second-order valence-corrected chi connectivity index (χ2v) is 8.27. The fourth-order valence-corrected chi connectivity index (χ4v) is 4.90. The highest BCUT2D eigenvalue weighted by Gasteiger charge is 2.39. The summed E-state index contributed by atoms with van der Waals surface area (Å²) in [7, 11) is 4.60. The number of nitrogens with one attached hydrogen (secondary N) is 1. The molecule has 2 amide bonds. The average molecular weight is 439 g/mol. The van der Waals surface area contributed by atoms with E-state index in [9.17, 15) is 9.59 Å². The van der Waals surface area contributed by atoms with Crippen LogP contribution in [0.3, 0.4) is 0 Å². The molecule has 1 N–H and O–H groups in total. The average Bonchev–Trinajstić information content (AvgIpc) is 3.27. The zero-order chi connectivity index (χ0) is 22.7. The molecule has 1 heterocycles. The van der Waals surface area contributed by atoms with Crippen molar-refractivity contribution in [3.05, 3.63) is 42.0 Å². The van der Waals surface area contributed by atoms with E-state index < -0.39 is 0 Å². The predicted molar refractivity (Wildman–Crippen MR) is 123 cm³/mol. The summed E-state index contributed by atoms with van der Waals surface area (Å²) in [6.07, 6.45) is 4.18. The van der Waals surface area contributed by atoms with E-state index in [0.717, 1.165) is 31.4 Å². The zero-order valence-corrected chi connectivity index (χ0v) is 18.8. The third-order valence-corrected chi connectivity index (χ3v) is 6.51. The first-order chi connectivity index (χ1) is 15.6. The number of nitrogens with zero attached hydrogens (tertiary/aromatic N) is 1. The maximum atomic E-state index is 13.5. The van der Waals surface area contributed by atoms with Gasteiger partial charge >= 0.3 is 0 Å². The molecule has 2 aromatic carbocycles. The van der Waals surface area contributed by atoms with Crippen LogP contribution in [0.4, 0.5) is 11.4 Å². The van der Waals surface area contributed by atoms with Gasteiger partial charge in [0.15, 0.2) is 11.5 Å². The summed E-state index contributed by atoms with van der Waals surface area (Å²) in [6, 6.07) is 11.4. The van der Waals surface area contributed by atoms with E-state index in [4.69, 9.17) is 14.2 Å². The molecule has 0 bridgehead atoms.